The maximum atomic E-state index is 12.7. The average molecular weight is 519 g/mol. The number of allylic oxidation sites excluding steroid dienone is 1. The van der Waals surface area contributed by atoms with E-state index in [0.717, 1.165) is 34.8 Å². The Labute approximate surface area is 222 Å². The van der Waals surface area contributed by atoms with Crippen LogP contribution in [-0.4, -0.2) is 48.4 Å². The molecule has 2 heterocycles. The summed E-state index contributed by atoms with van der Waals surface area (Å²) in [6.07, 6.45) is 4.46. The highest BCUT2D eigenvalue weighted by molar-refractivity contribution is 5.80. The number of nitrogens with zero attached hydrogens (tertiary/aromatic N) is 4. The van der Waals surface area contributed by atoms with Gasteiger partial charge in [0.25, 0.3) is 5.56 Å². The van der Waals surface area contributed by atoms with Crippen LogP contribution in [0.5, 0.6) is 17.4 Å². The smallest absolute Gasteiger partial charge is 0.290 e. The second-order valence-corrected chi connectivity index (χ2v) is 9.24. The van der Waals surface area contributed by atoms with Gasteiger partial charge < -0.3 is 25.3 Å². The minimum atomic E-state index is -0.256. The van der Waals surface area contributed by atoms with E-state index in [1.165, 1.54) is 4.68 Å². The van der Waals surface area contributed by atoms with Gasteiger partial charge in [-0.05, 0) is 43.2 Å². The summed E-state index contributed by atoms with van der Waals surface area (Å²) in [7, 11) is 4.86. The predicted octanol–water partition coefficient (Wildman–Crippen LogP) is 3.29. The molecule has 0 spiro atoms. The van der Waals surface area contributed by atoms with Crippen molar-refractivity contribution in [2.75, 3.05) is 32.7 Å². The van der Waals surface area contributed by atoms with Gasteiger partial charge in [-0.3, -0.25) is 14.8 Å². The van der Waals surface area contributed by atoms with E-state index in [0.29, 0.717) is 48.8 Å². The van der Waals surface area contributed by atoms with Gasteiger partial charge in [0, 0.05) is 54.7 Å². The van der Waals surface area contributed by atoms with Crippen LogP contribution in [0.4, 0.5) is 5.69 Å². The number of hydrogen-bond acceptors (Lipinski definition) is 9. The zero-order chi connectivity index (χ0) is 27.1. The molecule has 0 amide bonds. The van der Waals surface area contributed by atoms with Gasteiger partial charge in [-0.25, -0.2) is 4.68 Å². The fourth-order valence-electron chi connectivity index (χ4n) is 3.97. The van der Waals surface area contributed by atoms with Gasteiger partial charge in [-0.1, -0.05) is 12.1 Å². The molecule has 0 radical (unpaired) electrons. The Morgan fingerprint density at radius 3 is 2.58 bits per heavy atom. The van der Waals surface area contributed by atoms with Gasteiger partial charge in [0.15, 0.2) is 0 Å². The molecule has 1 aliphatic rings. The van der Waals surface area contributed by atoms with Crippen LogP contribution in [0.15, 0.2) is 69.7 Å². The number of aryl methyl sites for hydroxylation is 1. The van der Waals surface area contributed by atoms with Crippen LogP contribution in [0.3, 0.4) is 0 Å². The molecule has 1 fully saturated rings. The van der Waals surface area contributed by atoms with Crippen molar-refractivity contribution >= 4 is 11.9 Å². The highest BCUT2D eigenvalue weighted by Gasteiger charge is 2.40. The van der Waals surface area contributed by atoms with E-state index in [2.05, 4.69) is 20.4 Å². The molecule has 1 aliphatic carbocycles. The van der Waals surface area contributed by atoms with Gasteiger partial charge >= 0.3 is 0 Å². The summed E-state index contributed by atoms with van der Waals surface area (Å²) in [6, 6.07) is 13.3. The normalized spacial score (nSPS) is 17.2. The summed E-state index contributed by atoms with van der Waals surface area (Å²) in [5.41, 5.74) is 9.68. The van der Waals surface area contributed by atoms with E-state index in [1.807, 2.05) is 36.4 Å². The standard InChI is InChI=1S/C28H34N6O4/c1-18(29)21(14-30-13-19-5-7-22(36-3)8-6-19)15-31-26-12-27(33-34(2)28(26)35)38-17-20-11-24(20)25-10-9-23(37-4)16-32-25/h5-10,12,14,16,20,24,31H,11,13,15,17,29H2,1-4H3. The molecule has 10 heteroatoms. The van der Waals surface area contributed by atoms with Crippen LogP contribution in [0.1, 0.15) is 30.5 Å². The minimum absolute atomic E-state index is 0.256. The SMILES string of the molecule is COc1ccc(CN=CC(CNc2cc(OCC3CC3c3ccc(OC)cn3)nn(C)c2=O)=C(C)N)cc1. The van der Waals surface area contributed by atoms with Crippen molar-refractivity contribution in [3.8, 4) is 17.4 Å². The molecule has 2 aromatic heterocycles. The van der Waals surface area contributed by atoms with Crippen LogP contribution in [-0.2, 0) is 13.6 Å². The molecule has 4 rings (SSSR count). The number of ether oxygens (including phenoxy) is 3. The molecule has 0 bridgehead atoms. The first-order chi connectivity index (χ1) is 18.4. The molecule has 10 nitrogen and oxygen atoms in total. The third-order valence-corrected chi connectivity index (χ3v) is 6.44. The van der Waals surface area contributed by atoms with Crippen LogP contribution in [0, 0.1) is 5.92 Å². The molecule has 1 aromatic carbocycles. The zero-order valence-corrected chi connectivity index (χ0v) is 22.2. The third-order valence-electron chi connectivity index (χ3n) is 6.44. The molecule has 2 atom stereocenters. The van der Waals surface area contributed by atoms with E-state index in [-0.39, 0.29) is 5.56 Å². The fourth-order valence-corrected chi connectivity index (χ4v) is 3.97. The highest BCUT2D eigenvalue weighted by atomic mass is 16.5. The van der Waals surface area contributed by atoms with Crippen molar-refractivity contribution in [1.82, 2.24) is 14.8 Å². The van der Waals surface area contributed by atoms with Gasteiger partial charge in [-0.15, -0.1) is 5.10 Å². The number of nitrogens with two attached hydrogens (primary N) is 1. The average Bonchev–Trinajstić information content (AvgIpc) is 3.71. The Kier molecular flexibility index (Phi) is 8.62. The van der Waals surface area contributed by atoms with Crippen molar-refractivity contribution in [1.29, 1.82) is 0 Å². The first-order valence-corrected chi connectivity index (χ1v) is 12.4. The quantitative estimate of drug-likeness (QED) is 0.350. The molecule has 0 saturated heterocycles. The number of benzene rings is 1. The summed E-state index contributed by atoms with van der Waals surface area (Å²) in [6.45, 7) is 3.14. The Morgan fingerprint density at radius 1 is 1.18 bits per heavy atom. The number of rotatable bonds is 12. The summed E-state index contributed by atoms with van der Waals surface area (Å²) < 4.78 is 17.6. The van der Waals surface area contributed by atoms with Crippen molar-refractivity contribution < 1.29 is 14.2 Å². The summed E-state index contributed by atoms with van der Waals surface area (Å²) in [4.78, 5) is 21.7. The maximum Gasteiger partial charge on any atom is 0.290 e. The molecule has 1 saturated carbocycles. The molecule has 0 aliphatic heterocycles. The number of hydrogen-bond donors (Lipinski definition) is 2. The van der Waals surface area contributed by atoms with E-state index in [4.69, 9.17) is 19.9 Å². The topological polar surface area (TPSA) is 126 Å². The molecular formula is C28H34N6O4. The molecule has 2 unspecified atom stereocenters. The van der Waals surface area contributed by atoms with Gasteiger partial charge in [0.1, 0.15) is 17.2 Å². The first-order valence-electron chi connectivity index (χ1n) is 12.4. The first kappa shape index (κ1) is 26.7. The van der Waals surface area contributed by atoms with E-state index in [1.54, 1.807) is 46.7 Å². The molecular weight excluding hydrogens is 484 g/mol. The lowest BCUT2D eigenvalue weighted by Crippen LogP contribution is -2.25. The monoisotopic (exact) mass is 518 g/mol. The van der Waals surface area contributed by atoms with Crippen LogP contribution >= 0.6 is 0 Å². The number of anilines is 1. The van der Waals surface area contributed by atoms with E-state index in [9.17, 15) is 4.79 Å². The number of pyridine rings is 1. The lowest BCUT2D eigenvalue weighted by Gasteiger charge is -2.12. The molecule has 38 heavy (non-hydrogen) atoms. The summed E-state index contributed by atoms with van der Waals surface area (Å²) in [5.74, 6) is 2.62. The molecule has 200 valence electrons. The van der Waals surface area contributed by atoms with Crippen LogP contribution < -0.4 is 30.8 Å². The lowest BCUT2D eigenvalue weighted by molar-refractivity contribution is 0.278. The Morgan fingerprint density at radius 2 is 1.92 bits per heavy atom. The Balaban J connectivity index is 1.33. The Hall–Kier alpha value is -4.34. The fraction of sp³-hybridized carbons (Fsp3) is 0.357. The number of aromatic nitrogens is 3. The molecule has 3 N–H and O–H groups in total. The van der Waals surface area contributed by atoms with Gasteiger partial charge in [0.05, 0.1) is 33.6 Å². The van der Waals surface area contributed by atoms with Gasteiger partial charge in [-0.2, -0.15) is 0 Å². The predicted molar refractivity (Wildman–Crippen MR) is 147 cm³/mol. The lowest BCUT2D eigenvalue weighted by atomic mass is 10.2. The number of methoxy groups -OCH3 is 2. The van der Waals surface area contributed by atoms with Crippen LogP contribution in [0.25, 0.3) is 0 Å². The zero-order valence-electron chi connectivity index (χ0n) is 22.2. The van der Waals surface area contributed by atoms with Crippen molar-refractivity contribution in [3.63, 3.8) is 0 Å². The summed E-state index contributed by atoms with van der Waals surface area (Å²) in [5, 5.41) is 7.42. The third kappa shape index (κ3) is 6.90. The van der Waals surface area contributed by atoms with E-state index >= 15 is 0 Å². The number of nitrogens with one attached hydrogen (secondary N) is 1. The Bertz CT molecular complexity index is 1350. The van der Waals surface area contributed by atoms with E-state index < -0.39 is 0 Å². The van der Waals surface area contributed by atoms with Crippen molar-refractivity contribution in [3.05, 3.63) is 81.5 Å². The minimum Gasteiger partial charge on any atom is -0.497 e. The maximum absolute atomic E-state index is 12.7. The van der Waals surface area contributed by atoms with Crippen molar-refractivity contribution in [2.24, 2.45) is 23.7 Å². The summed E-state index contributed by atoms with van der Waals surface area (Å²) >= 11 is 0. The highest BCUT2D eigenvalue weighted by Crippen LogP contribution is 2.46. The van der Waals surface area contributed by atoms with Crippen LogP contribution in [0.2, 0.25) is 0 Å². The molecule has 3 aromatic rings. The van der Waals surface area contributed by atoms with Gasteiger partial charge in [0.2, 0.25) is 5.88 Å². The largest absolute Gasteiger partial charge is 0.497 e. The second-order valence-electron chi connectivity index (χ2n) is 9.24. The van der Waals surface area contributed by atoms with Crippen molar-refractivity contribution in [2.45, 2.75) is 25.8 Å². The number of aliphatic imine (C=N–C) groups is 1. The second kappa shape index (κ2) is 12.3.